The van der Waals surface area contributed by atoms with E-state index < -0.39 is 11.9 Å². The van der Waals surface area contributed by atoms with Crippen molar-refractivity contribution in [2.24, 2.45) is 5.73 Å². The molecule has 138 valence electrons. The van der Waals surface area contributed by atoms with E-state index in [2.05, 4.69) is 11.1 Å². The van der Waals surface area contributed by atoms with Gasteiger partial charge in [-0.2, -0.15) is 0 Å². The standard InChI is InChI=1S/C20H20N4O2S/c1-11-8-17-15(23-20(22)27-17)10-14(11)12-4-2-5-13(9-12)19(26)24-7-3-6-16(24)18(21)25/h2,4-5,8-10,16H,3,6-7H2,1H3,(H2,21,25)(H2,22,23)/t16-/m0/s1. The third-order valence-electron chi connectivity index (χ3n) is 5.01. The first-order valence-electron chi connectivity index (χ1n) is 8.81. The maximum Gasteiger partial charge on any atom is 0.254 e. The van der Waals surface area contributed by atoms with Gasteiger partial charge in [0.1, 0.15) is 6.04 Å². The Hall–Kier alpha value is -2.93. The minimum Gasteiger partial charge on any atom is -0.375 e. The van der Waals surface area contributed by atoms with Gasteiger partial charge >= 0.3 is 0 Å². The van der Waals surface area contributed by atoms with E-state index in [1.54, 1.807) is 11.0 Å². The zero-order valence-electron chi connectivity index (χ0n) is 14.9. The number of hydrogen-bond acceptors (Lipinski definition) is 5. The first-order valence-corrected chi connectivity index (χ1v) is 9.63. The zero-order chi connectivity index (χ0) is 19.1. The summed E-state index contributed by atoms with van der Waals surface area (Å²) < 4.78 is 1.04. The summed E-state index contributed by atoms with van der Waals surface area (Å²) >= 11 is 1.46. The predicted octanol–water partition coefficient (Wildman–Crippen LogP) is 2.94. The number of nitrogens with zero attached hydrogens (tertiary/aromatic N) is 2. The van der Waals surface area contributed by atoms with Crippen molar-refractivity contribution >= 4 is 38.5 Å². The van der Waals surface area contributed by atoms with Crippen LogP contribution in [0.4, 0.5) is 5.13 Å². The molecule has 4 N–H and O–H groups in total. The van der Waals surface area contributed by atoms with Gasteiger partial charge in [-0.3, -0.25) is 9.59 Å². The number of carbonyl (C=O) groups is 2. The van der Waals surface area contributed by atoms with Gasteiger partial charge in [-0.15, -0.1) is 0 Å². The van der Waals surface area contributed by atoms with Gasteiger partial charge in [-0.1, -0.05) is 23.5 Å². The van der Waals surface area contributed by atoms with Crippen LogP contribution in [0, 0.1) is 6.92 Å². The molecule has 1 aromatic heterocycles. The summed E-state index contributed by atoms with van der Waals surface area (Å²) in [6, 6.07) is 11.0. The normalized spacial score (nSPS) is 16.8. The first-order chi connectivity index (χ1) is 12.9. The number of benzene rings is 2. The summed E-state index contributed by atoms with van der Waals surface area (Å²) in [5.41, 5.74) is 15.7. The minimum atomic E-state index is -0.516. The highest BCUT2D eigenvalue weighted by molar-refractivity contribution is 7.22. The summed E-state index contributed by atoms with van der Waals surface area (Å²) in [5.74, 6) is -0.603. The molecule has 7 heteroatoms. The SMILES string of the molecule is Cc1cc2sc(N)nc2cc1-c1cccc(C(=O)N2CCC[C@H]2C(N)=O)c1. The van der Waals surface area contributed by atoms with Crippen LogP contribution in [0.5, 0.6) is 0 Å². The molecule has 6 nitrogen and oxygen atoms in total. The Morgan fingerprint density at radius 2 is 2.07 bits per heavy atom. The lowest BCUT2D eigenvalue weighted by molar-refractivity contribution is -0.121. The molecule has 2 amide bonds. The summed E-state index contributed by atoms with van der Waals surface area (Å²) in [4.78, 5) is 30.5. The zero-order valence-corrected chi connectivity index (χ0v) is 15.8. The topological polar surface area (TPSA) is 102 Å². The Bertz CT molecular complexity index is 1060. The smallest absolute Gasteiger partial charge is 0.254 e. The number of aryl methyl sites for hydroxylation is 1. The van der Waals surface area contributed by atoms with Crippen LogP contribution in [0.15, 0.2) is 36.4 Å². The molecule has 3 aromatic rings. The summed E-state index contributed by atoms with van der Waals surface area (Å²) in [5, 5.41) is 0.539. The first kappa shape index (κ1) is 17.5. The number of hydrogen-bond donors (Lipinski definition) is 2. The van der Waals surface area contributed by atoms with Gasteiger partial charge in [0.25, 0.3) is 5.91 Å². The Balaban J connectivity index is 1.71. The third kappa shape index (κ3) is 3.14. The molecule has 1 aliphatic rings. The number of nitrogen functional groups attached to an aromatic ring is 1. The minimum absolute atomic E-state index is 0.158. The lowest BCUT2D eigenvalue weighted by atomic mass is 9.98. The number of carbonyl (C=O) groups excluding carboxylic acids is 2. The van der Waals surface area contributed by atoms with Gasteiger partial charge in [0.15, 0.2) is 5.13 Å². The molecule has 0 radical (unpaired) electrons. The summed E-state index contributed by atoms with van der Waals surface area (Å²) in [7, 11) is 0. The Morgan fingerprint density at radius 3 is 2.85 bits per heavy atom. The highest BCUT2D eigenvalue weighted by Crippen LogP contribution is 2.32. The van der Waals surface area contributed by atoms with E-state index in [1.807, 2.05) is 31.2 Å². The van der Waals surface area contributed by atoms with E-state index >= 15 is 0 Å². The maximum atomic E-state index is 12.9. The van der Waals surface area contributed by atoms with Crippen LogP contribution in [0.3, 0.4) is 0 Å². The van der Waals surface area contributed by atoms with Crippen molar-refractivity contribution in [3.8, 4) is 11.1 Å². The second-order valence-corrected chi connectivity index (χ2v) is 7.89. The number of anilines is 1. The number of nitrogens with two attached hydrogens (primary N) is 2. The van der Waals surface area contributed by atoms with Crippen LogP contribution in [0.25, 0.3) is 21.3 Å². The average molecular weight is 380 g/mol. The Labute approximate surface area is 160 Å². The van der Waals surface area contributed by atoms with Crippen LogP contribution < -0.4 is 11.5 Å². The van der Waals surface area contributed by atoms with Gasteiger partial charge in [-0.25, -0.2) is 4.98 Å². The molecule has 27 heavy (non-hydrogen) atoms. The van der Waals surface area contributed by atoms with Crippen LogP contribution in [-0.4, -0.2) is 34.3 Å². The molecular weight excluding hydrogens is 360 g/mol. The fourth-order valence-corrected chi connectivity index (χ4v) is 4.51. The summed E-state index contributed by atoms with van der Waals surface area (Å²) in [6.45, 7) is 2.59. The highest BCUT2D eigenvalue weighted by Gasteiger charge is 2.33. The molecule has 4 rings (SSSR count). The molecule has 2 heterocycles. The van der Waals surface area contributed by atoms with Crippen LogP contribution >= 0.6 is 11.3 Å². The van der Waals surface area contributed by atoms with Gasteiger partial charge in [-0.05, 0) is 60.7 Å². The number of rotatable bonds is 3. The van der Waals surface area contributed by atoms with Gasteiger partial charge in [0.05, 0.1) is 10.2 Å². The second kappa shape index (κ2) is 6.66. The van der Waals surface area contributed by atoms with Crippen molar-refractivity contribution in [2.75, 3.05) is 12.3 Å². The Kier molecular flexibility index (Phi) is 4.31. The number of amides is 2. The van der Waals surface area contributed by atoms with E-state index in [9.17, 15) is 9.59 Å². The van der Waals surface area contributed by atoms with Crippen molar-refractivity contribution in [1.29, 1.82) is 0 Å². The third-order valence-corrected chi connectivity index (χ3v) is 5.86. The molecule has 0 unspecified atom stereocenters. The molecule has 1 atom stereocenters. The summed E-state index contributed by atoms with van der Waals surface area (Å²) in [6.07, 6.45) is 1.42. The fourth-order valence-electron chi connectivity index (χ4n) is 3.70. The molecular formula is C20H20N4O2S. The predicted molar refractivity (Wildman–Crippen MR) is 107 cm³/mol. The number of aromatic nitrogens is 1. The quantitative estimate of drug-likeness (QED) is 0.729. The van der Waals surface area contributed by atoms with E-state index in [1.165, 1.54) is 11.3 Å². The van der Waals surface area contributed by atoms with Crippen molar-refractivity contribution in [2.45, 2.75) is 25.8 Å². The molecule has 0 aliphatic carbocycles. The average Bonchev–Trinajstić information content (AvgIpc) is 3.26. The number of fused-ring (bicyclic) bond motifs is 1. The lowest BCUT2D eigenvalue weighted by Crippen LogP contribution is -2.43. The van der Waals surface area contributed by atoms with E-state index in [0.717, 1.165) is 33.3 Å². The molecule has 2 aromatic carbocycles. The van der Waals surface area contributed by atoms with Crippen LogP contribution in [0.1, 0.15) is 28.8 Å². The fraction of sp³-hybridized carbons (Fsp3) is 0.250. The monoisotopic (exact) mass is 380 g/mol. The molecule has 0 bridgehead atoms. The highest BCUT2D eigenvalue weighted by atomic mass is 32.1. The Morgan fingerprint density at radius 1 is 1.26 bits per heavy atom. The number of thiazole rings is 1. The molecule has 1 aliphatic heterocycles. The number of likely N-dealkylation sites (tertiary alicyclic amines) is 1. The number of primary amides is 1. The molecule has 0 saturated carbocycles. The van der Waals surface area contributed by atoms with Gasteiger partial charge < -0.3 is 16.4 Å². The molecule has 0 spiro atoms. The van der Waals surface area contributed by atoms with Gasteiger partial charge in [0.2, 0.25) is 5.91 Å². The van der Waals surface area contributed by atoms with Crippen molar-refractivity contribution < 1.29 is 9.59 Å². The van der Waals surface area contributed by atoms with Crippen LogP contribution in [-0.2, 0) is 4.79 Å². The maximum absolute atomic E-state index is 12.9. The molecule has 1 fully saturated rings. The largest absolute Gasteiger partial charge is 0.375 e. The lowest BCUT2D eigenvalue weighted by Gasteiger charge is -2.22. The van der Waals surface area contributed by atoms with Gasteiger partial charge in [0, 0.05) is 12.1 Å². The van der Waals surface area contributed by atoms with Crippen molar-refractivity contribution in [1.82, 2.24) is 9.88 Å². The van der Waals surface area contributed by atoms with Crippen LogP contribution in [0.2, 0.25) is 0 Å². The second-order valence-electron chi connectivity index (χ2n) is 6.83. The van der Waals surface area contributed by atoms with Crippen molar-refractivity contribution in [3.63, 3.8) is 0 Å². The molecule has 1 saturated heterocycles. The van der Waals surface area contributed by atoms with E-state index in [4.69, 9.17) is 11.5 Å². The van der Waals surface area contributed by atoms with E-state index in [0.29, 0.717) is 23.7 Å². The van der Waals surface area contributed by atoms with E-state index in [-0.39, 0.29) is 5.91 Å². The van der Waals surface area contributed by atoms with Crippen molar-refractivity contribution in [3.05, 3.63) is 47.5 Å².